The highest BCUT2D eigenvalue weighted by Crippen LogP contribution is 2.21. The van der Waals surface area contributed by atoms with Gasteiger partial charge in [0.15, 0.2) is 0 Å². The molecular weight excluding hydrogens is 276 g/mol. The lowest BCUT2D eigenvalue weighted by Gasteiger charge is -2.35. The molecule has 5 nitrogen and oxygen atoms in total. The molecule has 20 heavy (non-hydrogen) atoms. The monoisotopic (exact) mass is 296 g/mol. The number of ether oxygens (including phenoxy) is 1. The van der Waals surface area contributed by atoms with Crippen LogP contribution < -0.4 is 0 Å². The van der Waals surface area contributed by atoms with Crippen LogP contribution in [-0.2, 0) is 4.74 Å². The predicted molar refractivity (Wildman–Crippen MR) is 78.4 cm³/mol. The summed E-state index contributed by atoms with van der Waals surface area (Å²) < 4.78 is 5.76. The average Bonchev–Trinajstić information content (AvgIpc) is 2.45. The number of aromatic carboxylic acids is 1. The van der Waals surface area contributed by atoms with E-state index in [0.29, 0.717) is 6.04 Å². The van der Waals surface area contributed by atoms with Crippen LogP contribution in [0.1, 0.15) is 24.3 Å². The highest BCUT2D eigenvalue weighted by atomic mass is 32.2. The Hall–Kier alpha value is -1.11. The SMILES string of the molecule is CC(C)N1CCOC(CSc2ccnc(C(=O)O)c2)C1. The second kappa shape index (κ2) is 7.06. The van der Waals surface area contributed by atoms with Gasteiger partial charge >= 0.3 is 5.97 Å². The molecule has 6 heteroatoms. The molecular formula is C14H20N2O3S. The summed E-state index contributed by atoms with van der Waals surface area (Å²) in [6.45, 7) is 7.06. The molecule has 1 aliphatic rings. The summed E-state index contributed by atoms with van der Waals surface area (Å²) in [4.78, 5) is 18.0. The van der Waals surface area contributed by atoms with Crippen LogP contribution in [0.2, 0.25) is 0 Å². The summed E-state index contributed by atoms with van der Waals surface area (Å²) in [7, 11) is 0. The maximum absolute atomic E-state index is 10.9. The number of hydrogen-bond acceptors (Lipinski definition) is 5. The van der Waals surface area contributed by atoms with Gasteiger partial charge in [0.1, 0.15) is 5.69 Å². The minimum atomic E-state index is -0.993. The van der Waals surface area contributed by atoms with Crippen LogP contribution in [-0.4, -0.2) is 58.6 Å². The van der Waals surface area contributed by atoms with Crippen molar-refractivity contribution in [3.63, 3.8) is 0 Å². The van der Waals surface area contributed by atoms with Crippen molar-refractivity contribution >= 4 is 17.7 Å². The van der Waals surface area contributed by atoms with Gasteiger partial charge in [-0.05, 0) is 26.0 Å². The van der Waals surface area contributed by atoms with Gasteiger partial charge in [-0.15, -0.1) is 11.8 Å². The van der Waals surface area contributed by atoms with E-state index >= 15 is 0 Å². The second-order valence-electron chi connectivity index (χ2n) is 5.07. The first-order valence-electron chi connectivity index (χ1n) is 6.74. The van der Waals surface area contributed by atoms with Crippen LogP contribution in [0, 0.1) is 0 Å². The molecule has 1 aliphatic heterocycles. The van der Waals surface area contributed by atoms with Crippen LogP contribution in [0.5, 0.6) is 0 Å². The van der Waals surface area contributed by atoms with E-state index in [1.54, 1.807) is 17.8 Å². The third-order valence-corrected chi connectivity index (χ3v) is 4.41. The molecule has 1 aromatic heterocycles. The minimum Gasteiger partial charge on any atom is -0.477 e. The number of pyridine rings is 1. The Bertz CT molecular complexity index is 467. The summed E-state index contributed by atoms with van der Waals surface area (Å²) in [5.74, 6) is -0.168. The molecule has 2 rings (SSSR count). The van der Waals surface area contributed by atoms with Crippen molar-refractivity contribution < 1.29 is 14.6 Å². The highest BCUT2D eigenvalue weighted by molar-refractivity contribution is 7.99. The molecule has 0 spiro atoms. The Labute approximate surface area is 123 Å². The molecule has 1 N–H and O–H groups in total. The number of carboxylic acids is 1. The molecule has 1 saturated heterocycles. The van der Waals surface area contributed by atoms with Crippen molar-refractivity contribution in [1.82, 2.24) is 9.88 Å². The molecule has 1 aromatic rings. The van der Waals surface area contributed by atoms with Gasteiger partial charge in [0.05, 0.1) is 12.7 Å². The number of carboxylic acid groups (broad SMARTS) is 1. The normalized spacial score (nSPS) is 20.2. The molecule has 0 saturated carbocycles. The number of aromatic nitrogens is 1. The van der Waals surface area contributed by atoms with E-state index in [4.69, 9.17) is 9.84 Å². The lowest BCUT2D eigenvalue weighted by atomic mass is 10.2. The first-order chi connectivity index (χ1) is 9.56. The van der Waals surface area contributed by atoms with Crippen molar-refractivity contribution in [2.45, 2.75) is 30.9 Å². The van der Waals surface area contributed by atoms with E-state index < -0.39 is 5.97 Å². The van der Waals surface area contributed by atoms with E-state index in [-0.39, 0.29) is 11.8 Å². The molecule has 1 fully saturated rings. The lowest BCUT2D eigenvalue weighted by molar-refractivity contribution is -0.0265. The standard InChI is InChI=1S/C14H20N2O3S/c1-10(2)16-5-6-19-11(8-16)9-20-12-3-4-15-13(7-12)14(17)18/h3-4,7,10-11H,5-6,8-9H2,1-2H3,(H,17,18). The number of nitrogens with zero attached hydrogens (tertiary/aromatic N) is 2. The van der Waals surface area contributed by atoms with Crippen molar-refractivity contribution in [1.29, 1.82) is 0 Å². The Morgan fingerprint density at radius 1 is 1.65 bits per heavy atom. The van der Waals surface area contributed by atoms with Crippen LogP contribution in [0.15, 0.2) is 23.2 Å². The Morgan fingerprint density at radius 2 is 2.45 bits per heavy atom. The fraction of sp³-hybridized carbons (Fsp3) is 0.571. The van der Waals surface area contributed by atoms with Crippen LogP contribution >= 0.6 is 11.8 Å². The number of hydrogen-bond donors (Lipinski definition) is 1. The van der Waals surface area contributed by atoms with Gasteiger partial charge in [0.25, 0.3) is 0 Å². The van der Waals surface area contributed by atoms with Gasteiger partial charge in [-0.2, -0.15) is 0 Å². The number of thioether (sulfide) groups is 1. The highest BCUT2D eigenvalue weighted by Gasteiger charge is 2.22. The molecule has 1 unspecified atom stereocenters. The first-order valence-corrected chi connectivity index (χ1v) is 7.72. The first kappa shape index (κ1) is 15.3. The smallest absolute Gasteiger partial charge is 0.354 e. The molecule has 0 aromatic carbocycles. The Morgan fingerprint density at radius 3 is 3.15 bits per heavy atom. The molecule has 1 atom stereocenters. The largest absolute Gasteiger partial charge is 0.477 e. The summed E-state index contributed by atoms with van der Waals surface area (Å²) in [5.41, 5.74) is 0.0865. The second-order valence-corrected chi connectivity index (χ2v) is 6.17. The van der Waals surface area contributed by atoms with Gasteiger partial charge in [-0.1, -0.05) is 0 Å². The van der Waals surface area contributed by atoms with Crippen LogP contribution in [0.3, 0.4) is 0 Å². The number of carbonyl (C=O) groups is 1. The predicted octanol–water partition coefficient (Wildman–Crippen LogP) is 1.98. The van der Waals surface area contributed by atoms with Gasteiger partial charge in [0, 0.05) is 36.0 Å². The van der Waals surface area contributed by atoms with Crippen molar-refractivity contribution in [2.75, 3.05) is 25.4 Å². The van der Waals surface area contributed by atoms with Gasteiger partial charge in [-0.25, -0.2) is 9.78 Å². The fourth-order valence-electron chi connectivity index (χ4n) is 2.12. The third-order valence-electron chi connectivity index (χ3n) is 3.29. The van der Waals surface area contributed by atoms with Crippen molar-refractivity contribution in [3.8, 4) is 0 Å². The molecule has 2 heterocycles. The molecule has 0 amide bonds. The van der Waals surface area contributed by atoms with Crippen molar-refractivity contribution in [3.05, 3.63) is 24.0 Å². The third kappa shape index (κ3) is 4.19. The van der Waals surface area contributed by atoms with E-state index in [0.717, 1.165) is 30.3 Å². The summed E-state index contributed by atoms with van der Waals surface area (Å²) in [6, 6.07) is 3.97. The zero-order chi connectivity index (χ0) is 14.5. The zero-order valence-electron chi connectivity index (χ0n) is 11.8. The van der Waals surface area contributed by atoms with Crippen LogP contribution in [0.4, 0.5) is 0 Å². The quantitative estimate of drug-likeness (QED) is 0.838. The number of rotatable bonds is 5. The zero-order valence-corrected chi connectivity index (χ0v) is 12.6. The van der Waals surface area contributed by atoms with Gasteiger partial charge < -0.3 is 9.84 Å². The van der Waals surface area contributed by atoms with Gasteiger partial charge in [-0.3, -0.25) is 4.90 Å². The Kier molecular flexibility index (Phi) is 5.39. The fourth-order valence-corrected chi connectivity index (χ4v) is 3.05. The van der Waals surface area contributed by atoms with Gasteiger partial charge in [0.2, 0.25) is 0 Å². The lowest BCUT2D eigenvalue weighted by Crippen LogP contribution is -2.46. The topological polar surface area (TPSA) is 62.7 Å². The molecule has 0 aliphatic carbocycles. The average molecular weight is 296 g/mol. The number of morpholine rings is 1. The van der Waals surface area contributed by atoms with Crippen LogP contribution in [0.25, 0.3) is 0 Å². The summed E-state index contributed by atoms with van der Waals surface area (Å²) in [5, 5.41) is 8.92. The maximum atomic E-state index is 10.9. The molecule has 0 radical (unpaired) electrons. The van der Waals surface area contributed by atoms with E-state index in [2.05, 4.69) is 23.7 Å². The Balaban J connectivity index is 1.88. The van der Waals surface area contributed by atoms with E-state index in [9.17, 15) is 4.79 Å². The maximum Gasteiger partial charge on any atom is 0.354 e. The van der Waals surface area contributed by atoms with Crippen molar-refractivity contribution in [2.24, 2.45) is 0 Å². The molecule has 110 valence electrons. The summed E-state index contributed by atoms with van der Waals surface area (Å²) >= 11 is 1.62. The molecule has 0 bridgehead atoms. The van der Waals surface area contributed by atoms with E-state index in [1.807, 2.05) is 6.07 Å². The van der Waals surface area contributed by atoms with E-state index in [1.165, 1.54) is 6.20 Å². The summed E-state index contributed by atoms with van der Waals surface area (Å²) in [6.07, 6.45) is 1.73. The minimum absolute atomic E-state index is 0.0865.